The Hall–Kier alpha value is -3.00. The van der Waals surface area contributed by atoms with Crippen LogP contribution in [0.15, 0.2) is 54.6 Å². The first-order valence-corrected chi connectivity index (χ1v) is 6.17. The van der Waals surface area contributed by atoms with Crippen LogP contribution in [0.5, 0.6) is 0 Å². The summed E-state index contributed by atoms with van der Waals surface area (Å²) in [5.41, 5.74) is 2.60. The third-order valence-corrected chi connectivity index (χ3v) is 2.95. The second-order valence-corrected chi connectivity index (χ2v) is 4.34. The lowest BCUT2D eigenvalue weighted by atomic mass is 10.1. The molecule has 3 rings (SSSR count). The fraction of sp³-hybridized carbons (Fsp3) is 0.0667. The molecular formula is C15H11N5. The van der Waals surface area contributed by atoms with Crippen molar-refractivity contribution >= 4 is 0 Å². The van der Waals surface area contributed by atoms with Crippen LogP contribution in [0.4, 0.5) is 0 Å². The summed E-state index contributed by atoms with van der Waals surface area (Å²) < 4.78 is 1.73. The summed E-state index contributed by atoms with van der Waals surface area (Å²) in [6.07, 6.45) is 0. The van der Waals surface area contributed by atoms with Gasteiger partial charge in [0.1, 0.15) is 0 Å². The standard InChI is InChI=1S/C15H11N5/c16-10-12-5-4-6-13(9-12)11-20-15(17-18-19-20)14-7-2-1-3-8-14/h1-9H,11H2. The van der Waals surface area contributed by atoms with Crippen LogP contribution in [-0.4, -0.2) is 20.2 Å². The number of nitriles is 1. The Labute approximate surface area is 116 Å². The number of nitrogens with zero attached hydrogens (tertiary/aromatic N) is 5. The molecule has 0 bridgehead atoms. The average Bonchev–Trinajstić information content (AvgIpc) is 2.96. The maximum Gasteiger partial charge on any atom is 0.182 e. The number of rotatable bonds is 3. The van der Waals surface area contributed by atoms with E-state index in [1.54, 1.807) is 10.7 Å². The summed E-state index contributed by atoms with van der Waals surface area (Å²) in [4.78, 5) is 0. The van der Waals surface area contributed by atoms with Crippen LogP contribution in [0.2, 0.25) is 0 Å². The highest BCUT2D eigenvalue weighted by Gasteiger charge is 2.08. The Morgan fingerprint density at radius 2 is 1.90 bits per heavy atom. The van der Waals surface area contributed by atoms with Crippen molar-refractivity contribution in [3.8, 4) is 17.5 Å². The van der Waals surface area contributed by atoms with E-state index in [4.69, 9.17) is 5.26 Å². The molecule has 0 fully saturated rings. The van der Waals surface area contributed by atoms with Gasteiger partial charge in [0.05, 0.1) is 18.2 Å². The molecule has 1 heterocycles. The summed E-state index contributed by atoms with van der Waals surface area (Å²) >= 11 is 0. The van der Waals surface area contributed by atoms with Gasteiger partial charge in [-0.15, -0.1) is 5.10 Å². The number of benzene rings is 2. The fourth-order valence-corrected chi connectivity index (χ4v) is 2.02. The van der Waals surface area contributed by atoms with Gasteiger partial charge in [0.15, 0.2) is 5.82 Å². The van der Waals surface area contributed by atoms with Crippen molar-refractivity contribution < 1.29 is 0 Å². The SMILES string of the molecule is N#Cc1cccc(Cn2nnnc2-c2ccccc2)c1. The van der Waals surface area contributed by atoms with E-state index in [1.807, 2.05) is 48.5 Å². The molecule has 2 aromatic carbocycles. The minimum Gasteiger partial charge on any atom is -0.221 e. The minimum atomic E-state index is 0.534. The van der Waals surface area contributed by atoms with E-state index in [2.05, 4.69) is 21.6 Å². The third kappa shape index (κ3) is 2.40. The Morgan fingerprint density at radius 1 is 1.05 bits per heavy atom. The molecule has 0 saturated heterocycles. The summed E-state index contributed by atoms with van der Waals surface area (Å²) in [6, 6.07) is 19.4. The maximum atomic E-state index is 8.92. The van der Waals surface area contributed by atoms with Crippen LogP contribution in [0.25, 0.3) is 11.4 Å². The molecule has 5 heteroatoms. The van der Waals surface area contributed by atoms with Gasteiger partial charge in [-0.3, -0.25) is 0 Å². The van der Waals surface area contributed by atoms with Crippen LogP contribution < -0.4 is 0 Å². The monoisotopic (exact) mass is 261 g/mol. The Bertz CT molecular complexity index is 755. The van der Waals surface area contributed by atoms with Crippen molar-refractivity contribution in [2.75, 3.05) is 0 Å². The highest BCUT2D eigenvalue weighted by molar-refractivity contribution is 5.54. The molecule has 0 spiro atoms. The van der Waals surface area contributed by atoms with Crippen molar-refractivity contribution in [3.05, 3.63) is 65.7 Å². The van der Waals surface area contributed by atoms with Crippen LogP contribution in [0.1, 0.15) is 11.1 Å². The van der Waals surface area contributed by atoms with Crippen LogP contribution >= 0.6 is 0 Å². The highest BCUT2D eigenvalue weighted by Crippen LogP contribution is 2.16. The van der Waals surface area contributed by atoms with E-state index in [1.165, 1.54) is 0 Å². The van der Waals surface area contributed by atoms with Crippen molar-refractivity contribution in [1.29, 1.82) is 5.26 Å². The topological polar surface area (TPSA) is 67.4 Å². The van der Waals surface area contributed by atoms with Gasteiger partial charge in [0, 0.05) is 5.56 Å². The zero-order valence-electron chi connectivity index (χ0n) is 10.6. The molecule has 20 heavy (non-hydrogen) atoms. The lowest BCUT2D eigenvalue weighted by Gasteiger charge is -2.05. The Kier molecular flexibility index (Phi) is 3.21. The average molecular weight is 261 g/mol. The molecule has 0 N–H and O–H groups in total. The van der Waals surface area contributed by atoms with Crippen LogP contribution in [0.3, 0.4) is 0 Å². The predicted molar refractivity (Wildman–Crippen MR) is 73.5 cm³/mol. The Balaban J connectivity index is 1.93. The molecule has 0 aliphatic heterocycles. The molecule has 0 unspecified atom stereocenters. The van der Waals surface area contributed by atoms with E-state index in [0.717, 1.165) is 11.1 Å². The van der Waals surface area contributed by atoms with E-state index >= 15 is 0 Å². The molecule has 3 aromatic rings. The maximum absolute atomic E-state index is 8.92. The quantitative estimate of drug-likeness (QED) is 0.725. The van der Waals surface area contributed by atoms with Crippen molar-refractivity contribution in [2.24, 2.45) is 0 Å². The third-order valence-electron chi connectivity index (χ3n) is 2.95. The first-order valence-electron chi connectivity index (χ1n) is 6.17. The normalized spacial score (nSPS) is 10.2. The molecule has 0 radical (unpaired) electrons. The fourth-order valence-electron chi connectivity index (χ4n) is 2.02. The van der Waals surface area contributed by atoms with Crippen molar-refractivity contribution in [3.63, 3.8) is 0 Å². The van der Waals surface area contributed by atoms with Gasteiger partial charge in [-0.25, -0.2) is 4.68 Å². The number of aromatic nitrogens is 4. The van der Waals surface area contributed by atoms with Crippen molar-refractivity contribution in [1.82, 2.24) is 20.2 Å². The van der Waals surface area contributed by atoms with Crippen LogP contribution in [-0.2, 0) is 6.54 Å². The molecular weight excluding hydrogens is 250 g/mol. The zero-order valence-corrected chi connectivity index (χ0v) is 10.6. The molecule has 0 aliphatic rings. The lowest BCUT2D eigenvalue weighted by molar-refractivity contribution is 0.653. The van der Waals surface area contributed by atoms with E-state index < -0.39 is 0 Å². The Morgan fingerprint density at radius 3 is 2.70 bits per heavy atom. The van der Waals surface area contributed by atoms with Gasteiger partial charge in [0.2, 0.25) is 0 Å². The molecule has 0 saturated carbocycles. The van der Waals surface area contributed by atoms with Gasteiger partial charge < -0.3 is 0 Å². The van der Waals surface area contributed by atoms with E-state index in [0.29, 0.717) is 17.9 Å². The second-order valence-electron chi connectivity index (χ2n) is 4.34. The summed E-state index contributed by atoms with van der Waals surface area (Å²) in [6.45, 7) is 0.534. The minimum absolute atomic E-state index is 0.534. The second kappa shape index (κ2) is 5.33. The largest absolute Gasteiger partial charge is 0.221 e. The summed E-state index contributed by atoms with van der Waals surface area (Å²) in [5, 5.41) is 20.7. The molecule has 0 atom stereocenters. The van der Waals surface area contributed by atoms with Gasteiger partial charge in [-0.1, -0.05) is 42.5 Å². The molecule has 96 valence electrons. The highest BCUT2D eigenvalue weighted by atomic mass is 15.5. The van der Waals surface area contributed by atoms with Gasteiger partial charge in [-0.2, -0.15) is 5.26 Å². The van der Waals surface area contributed by atoms with Gasteiger partial charge >= 0.3 is 0 Å². The number of tetrazole rings is 1. The smallest absolute Gasteiger partial charge is 0.182 e. The first kappa shape index (κ1) is 12.1. The zero-order chi connectivity index (χ0) is 13.8. The number of hydrogen-bond acceptors (Lipinski definition) is 4. The lowest BCUT2D eigenvalue weighted by Crippen LogP contribution is -2.04. The number of hydrogen-bond donors (Lipinski definition) is 0. The molecule has 0 aliphatic carbocycles. The summed E-state index contributed by atoms with van der Waals surface area (Å²) in [7, 11) is 0. The van der Waals surface area contributed by atoms with Gasteiger partial charge in [0.25, 0.3) is 0 Å². The van der Waals surface area contributed by atoms with Gasteiger partial charge in [-0.05, 0) is 28.1 Å². The van der Waals surface area contributed by atoms with Crippen molar-refractivity contribution in [2.45, 2.75) is 6.54 Å². The van der Waals surface area contributed by atoms with Crippen LogP contribution in [0, 0.1) is 11.3 Å². The first-order chi connectivity index (χ1) is 9.86. The van der Waals surface area contributed by atoms with E-state index in [-0.39, 0.29) is 0 Å². The van der Waals surface area contributed by atoms with E-state index in [9.17, 15) is 0 Å². The predicted octanol–water partition coefficient (Wildman–Crippen LogP) is 2.26. The molecule has 0 amide bonds. The summed E-state index contributed by atoms with van der Waals surface area (Å²) in [5.74, 6) is 0.716. The molecule has 5 nitrogen and oxygen atoms in total. The molecule has 1 aromatic heterocycles.